The van der Waals surface area contributed by atoms with Crippen LogP contribution in [-0.2, 0) is 0 Å². The maximum Gasteiger partial charge on any atom is 0.168 e. The summed E-state index contributed by atoms with van der Waals surface area (Å²) < 4.78 is 4.41. The van der Waals surface area contributed by atoms with Crippen LogP contribution in [0.5, 0.6) is 0 Å². The first-order chi connectivity index (χ1) is 7.93. The second-order valence-corrected chi connectivity index (χ2v) is 4.26. The van der Waals surface area contributed by atoms with Crippen LogP contribution in [0.3, 0.4) is 0 Å². The SMILES string of the molecule is c1ccc(C2=Nc3ccccc3S[N]2)cc1. The van der Waals surface area contributed by atoms with Crippen LogP contribution >= 0.6 is 11.9 Å². The molecule has 16 heavy (non-hydrogen) atoms. The summed E-state index contributed by atoms with van der Waals surface area (Å²) >= 11 is 1.49. The van der Waals surface area contributed by atoms with Gasteiger partial charge in [0.2, 0.25) is 0 Å². The van der Waals surface area contributed by atoms with E-state index in [0.717, 1.165) is 22.0 Å². The van der Waals surface area contributed by atoms with Gasteiger partial charge in [-0.15, -0.1) is 0 Å². The third-order valence-corrected chi connectivity index (χ3v) is 3.16. The van der Waals surface area contributed by atoms with Gasteiger partial charge in [-0.25, -0.2) is 4.99 Å². The Labute approximate surface area is 98.6 Å². The van der Waals surface area contributed by atoms with Crippen LogP contribution in [0.15, 0.2) is 64.5 Å². The van der Waals surface area contributed by atoms with Gasteiger partial charge >= 0.3 is 0 Å². The van der Waals surface area contributed by atoms with Crippen LogP contribution in [0, 0.1) is 0 Å². The Balaban J connectivity index is 2.04. The van der Waals surface area contributed by atoms with E-state index in [1.807, 2.05) is 54.6 Å². The Morgan fingerprint density at radius 1 is 0.812 bits per heavy atom. The van der Waals surface area contributed by atoms with Gasteiger partial charge in [-0.3, -0.25) is 0 Å². The molecular weight excluding hydrogens is 216 g/mol. The molecule has 0 aliphatic carbocycles. The van der Waals surface area contributed by atoms with E-state index in [4.69, 9.17) is 0 Å². The molecule has 1 radical (unpaired) electrons. The van der Waals surface area contributed by atoms with Crippen molar-refractivity contribution in [2.24, 2.45) is 4.99 Å². The minimum absolute atomic E-state index is 0.796. The van der Waals surface area contributed by atoms with E-state index in [1.165, 1.54) is 11.9 Å². The second-order valence-electron chi connectivity index (χ2n) is 3.45. The summed E-state index contributed by atoms with van der Waals surface area (Å²) in [6.07, 6.45) is 0. The molecule has 0 atom stereocenters. The summed E-state index contributed by atoms with van der Waals surface area (Å²) in [4.78, 5) is 5.66. The maximum absolute atomic E-state index is 4.54. The Hall–Kier alpha value is -1.74. The van der Waals surface area contributed by atoms with E-state index in [2.05, 4.69) is 9.71 Å². The molecule has 0 amide bonds. The lowest BCUT2D eigenvalue weighted by Gasteiger charge is -2.13. The Morgan fingerprint density at radius 3 is 2.44 bits per heavy atom. The molecule has 2 aromatic carbocycles. The molecule has 0 fully saturated rings. The molecule has 0 saturated heterocycles. The minimum atomic E-state index is 0.796. The molecule has 0 aromatic heterocycles. The highest BCUT2D eigenvalue weighted by atomic mass is 32.2. The zero-order valence-corrected chi connectivity index (χ0v) is 9.32. The van der Waals surface area contributed by atoms with Gasteiger partial charge < -0.3 is 0 Å². The van der Waals surface area contributed by atoms with Crippen molar-refractivity contribution in [2.75, 3.05) is 0 Å². The van der Waals surface area contributed by atoms with Crippen molar-refractivity contribution >= 4 is 23.5 Å². The van der Waals surface area contributed by atoms with Crippen LogP contribution in [0.25, 0.3) is 0 Å². The highest BCUT2D eigenvalue weighted by Crippen LogP contribution is 2.32. The van der Waals surface area contributed by atoms with Gasteiger partial charge in [0, 0.05) is 17.5 Å². The lowest BCUT2D eigenvalue weighted by Crippen LogP contribution is -2.12. The molecule has 2 aromatic rings. The summed E-state index contributed by atoms with van der Waals surface area (Å²) in [7, 11) is 0. The van der Waals surface area contributed by atoms with E-state index in [1.54, 1.807) is 0 Å². The molecule has 3 heteroatoms. The summed E-state index contributed by atoms with van der Waals surface area (Å²) in [6.45, 7) is 0. The predicted molar refractivity (Wildman–Crippen MR) is 67.1 cm³/mol. The number of benzene rings is 2. The molecule has 0 bridgehead atoms. The number of fused-ring (bicyclic) bond motifs is 1. The van der Waals surface area contributed by atoms with Crippen LogP contribution in [-0.4, -0.2) is 5.84 Å². The van der Waals surface area contributed by atoms with Gasteiger partial charge in [0.05, 0.1) is 10.6 Å². The van der Waals surface area contributed by atoms with Gasteiger partial charge in [-0.1, -0.05) is 42.5 Å². The first-order valence-electron chi connectivity index (χ1n) is 5.05. The number of amidine groups is 1. The highest BCUT2D eigenvalue weighted by Gasteiger charge is 2.14. The second kappa shape index (κ2) is 4.02. The van der Waals surface area contributed by atoms with Crippen LogP contribution in [0.1, 0.15) is 5.56 Å². The number of hydrogen-bond acceptors (Lipinski definition) is 2. The van der Waals surface area contributed by atoms with Crippen molar-refractivity contribution in [2.45, 2.75) is 4.90 Å². The molecule has 77 valence electrons. The molecular formula is C13H9N2S. The largest absolute Gasteiger partial charge is 0.227 e. The zero-order valence-electron chi connectivity index (χ0n) is 8.50. The number of rotatable bonds is 1. The maximum atomic E-state index is 4.54. The average molecular weight is 225 g/mol. The topological polar surface area (TPSA) is 26.5 Å². The normalized spacial score (nSPS) is 13.6. The first kappa shape index (κ1) is 9.48. The van der Waals surface area contributed by atoms with Crippen molar-refractivity contribution in [3.05, 3.63) is 60.2 Å². The fourth-order valence-corrected chi connectivity index (χ4v) is 2.24. The third-order valence-electron chi connectivity index (χ3n) is 2.35. The van der Waals surface area contributed by atoms with Crippen molar-refractivity contribution < 1.29 is 0 Å². The van der Waals surface area contributed by atoms with E-state index < -0.39 is 0 Å². The molecule has 0 spiro atoms. The van der Waals surface area contributed by atoms with E-state index in [0.29, 0.717) is 0 Å². The number of nitrogens with zero attached hydrogens (tertiary/aromatic N) is 2. The molecule has 0 saturated carbocycles. The fourth-order valence-electron chi connectivity index (χ4n) is 1.56. The standard InChI is InChI=1S/C13H9N2S/c1-2-6-10(7-3-1)13-14-11-8-4-5-9-12(11)16-15-13/h1-9H. The Bertz CT molecular complexity index is 535. The monoisotopic (exact) mass is 225 g/mol. The van der Waals surface area contributed by atoms with Crippen LogP contribution in [0.2, 0.25) is 0 Å². The van der Waals surface area contributed by atoms with Crippen LogP contribution < -0.4 is 4.72 Å². The van der Waals surface area contributed by atoms with Crippen molar-refractivity contribution in [1.82, 2.24) is 4.72 Å². The highest BCUT2D eigenvalue weighted by molar-refractivity contribution is 7.98. The summed E-state index contributed by atoms with van der Waals surface area (Å²) in [5.41, 5.74) is 2.06. The third kappa shape index (κ3) is 1.70. The summed E-state index contributed by atoms with van der Waals surface area (Å²) in [5.74, 6) is 0.796. The summed E-state index contributed by atoms with van der Waals surface area (Å²) in [5, 5.41) is 0. The van der Waals surface area contributed by atoms with Gasteiger partial charge in [0.1, 0.15) is 0 Å². The Kier molecular flexibility index (Phi) is 2.38. The molecule has 1 aliphatic rings. The minimum Gasteiger partial charge on any atom is -0.227 e. The molecule has 0 N–H and O–H groups in total. The van der Waals surface area contributed by atoms with Gasteiger partial charge in [-0.2, -0.15) is 4.72 Å². The molecule has 1 heterocycles. The Morgan fingerprint density at radius 2 is 1.56 bits per heavy atom. The van der Waals surface area contributed by atoms with Crippen LogP contribution in [0.4, 0.5) is 5.69 Å². The lowest BCUT2D eigenvalue weighted by atomic mass is 10.2. The van der Waals surface area contributed by atoms with E-state index in [-0.39, 0.29) is 0 Å². The molecule has 3 rings (SSSR count). The fraction of sp³-hybridized carbons (Fsp3) is 0. The van der Waals surface area contributed by atoms with E-state index in [9.17, 15) is 0 Å². The molecule has 1 aliphatic heterocycles. The smallest absolute Gasteiger partial charge is 0.168 e. The van der Waals surface area contributed by atoms with Crippen molar-refractivity contribution in [1.29, 1.82) is 0 Å². The first-order valence-corrected chi connectivity index (χ1v) is 5.82. The number of aliphatic imine (C=N–C) groups is 1. The van der Waals surface area contributed by atoms with Gasteiger partial charge in [0.15, 0.2) is 5.84 Å². The molecule has 0 unspecified atom stereocenters. The number of para-hydroxylation sites is 1. The predicted octanol–water partition coefficient (Wildman–Crippen LogP) is 3.39. The van der Waals surface area contributed by atoms with E-state index >= 15 is 0 Å². The summed E-state index contributed by atoms with van der Waals surface area (Å²) in [6, 6.07) is 18.1. The lowest BCUT2D eigenvalue weighted by molar-refractivity contribution is 1.27. The number of hydrogen-bond donors (Lipinski definition) is 0. The molecule has 2 nitrogen and oxygen atoms in total. The van der Waals surface area contributed by atoms with Crippen molar-refractivity contribution in [3.8, 4) is 0 Å². The van der Waals surface area contributed by atoms with Crippen molar-refractivity contribution in [3.63, 3.8) is 0 Å². The van der Waals surface area contributed by atoms with Gasteiger partial charge in [0.25, 0.3) is 0 Å². The zero-order chi connectivity index (χ0) is 10.8. The average Bonchev–Trinajstić information content (AvgIpc) is 2.39. The quantitative estimate of drug-likeness (QED) is 0.683. The van der Waals surface area contributed by atoms with Gasteiger partial charge in [-0.05, 0) is 12.1 Å².